The van der Waals surface area contributed by atoms with Crippen LogP contribution >= 0.6 is 18.7 Å². The lowest BCUT2D eigenvalue weighted by Crippen LogP contribution is -2.47. The van der Waals surface area contributed by atoms with Crippen molar-refractivity contribution in [3.8, 4) is 17.2 Å². The summed E-state index contributed by atoms with van der Waals surface area (Å²) < 4.78 is 31.0. The first kappa shape index (κ1) is 47.7. The van der Waals surface area contributed by atoms with E-state index in [0.29, 0.717) is 75.6 Å². The molecule has 4 aromatic rings. The molecule has 2 saturated heterocycles. The summed E-state index contributed by atoms with van der Waals surface area (Å²) in [5.41, 5.74) is 3.83. The number of likely N-dealkylation sites (tertiary alicyclic amines) is 2. The van der Waals surface area contributed by atoms with Crippen molar-refractivity contribution in [2.75, 3.05) is 84.6 Å². The van der Waals surface area contributed by atoms with Gasteiger partial charge in [-0.3, -0.25) is 9.59 Å². The number of ether oxygens (including phenoxy) is 3. The van der Waals surface area contributed by atoms with Gasteiger partial charge >= 0.3 is 0 Å². The molecule has 0 aliphatic carbocycles. The zero-order chi connectivity index (χ0) is 46.1. The Morgan fingerprint density at radius 2 is 1.69 bits per heavy atom. The van der Waals surface area contributed by atoms with Crippen molar-refractivity contribution >= 4 is 65.3 Å². The number of fused-ring (bicyclic) bond motifs is 1. The lowest BCUT2D eigenvalue weighted by atomic mass is 9.87. The molecule has 0 bridgehead atoms. The van der Waals surface area contributed by atoms with Crippen LogP contribution in [0.5, 0.6) is 17.2 Å². The summed E-state index contributed by atoms with van der Waals surface area (Å²) in [6.45, 7) is 9.55. The van der Waals surface area contributed by atoms with Crippen molar-refractivity contribution in [2.24, 2.45) is 0 Å². The Bertz CT molecular complexity index is 2370. The largest absolute Gasteiger partial charge is 0.496 e. The second kappa shape index (κ2) is 21.9. The summed E-state index contributed by atoms with van der Waals surface area (Å²) in [4.78, 5) is 52.7. The molecule has 7 rings (SSSR count). The number of amides is 2. The molecule has 3 aliphatic heterocycles. The highest BCUT2D eigenvalue weighted by atomic mass is 35.5. The third-order valence-corrected chi connectivity index (χ3v) is 14.7. The Kier molecular flexibility index (Phi) is 16.1. The number of aldehydes is 1. The molecular formula is C48H62ClN8O7P. The number of unbranched alkanes of at least 4 members (excludes halogenated alkanes) is 1. The average Bonchev–Trinajstić information content (AvgIpc) is 3.66. The van der Waals surface area contributed by atoms with Gasteiger partial charge in [-0.25, -0.2) is 4.98 Å². The van der Waals surface area contributed by atoms with Crippen LogP contribution in [0, 0.1) is 0 Å². The molecule has 3 aliphatic rings. The fraction of sp³-hybridized carbons (Fsp3) is 0.479. The van der Waals surface area contributed by atoms with Gasteiger partial charge in [-0.1, -0.05) is 29.8 Å². The summed E-state index contributed by atoms with van der Waals surface area (Å²) in [6, 6.07) is 16.9. The summed E-state index contributed by atoms with van der Waals surface area (Å²) >= 11 is 6.52. The molecule has 3 aromatic carbocycles. The van der Waals surface area contributed by atoms with Gasteiger partial charge in [0.1, 0.15) is 35.7 Å². The Balaban J connectivity index is 0.859. The third kappa shape index (κ3) is 11.6. The minimum atomic E-state index is -2.57. The van der Waals surface area contributed by atoms with Gasteiger partial charge in [0.2, 0.25) is 11.9 Å². The average molecular weight is 929 g/mol. The van der Waals surface area contributed by atoms with Gasteiger partial charge in [0.15, 0.2) is 5.82 Å². The molecule has 2 amide bonds. The van der Waals surface area contributed by atoms with E-state index >= 15 is 0 Å². The van der Waals surface area contributed by atoms with Crippen LogP contribution in [-0.2, 0) is 20.7 Å². The van der Waals surface area contributed by atoms with Crippen LogP contribution in [-0.4, -0.2) is 129 Å². The third-order valence-electron chi connectivity index (χ3n) is 12.9. The number of nitrogens with zero attached hydrogens (tertiary/aromatic N) is 5. The number of benzene rings is 3. The first-order valence-electron chi connectivity index (χ1n) is 22.6. The molecule has 15 nitrogen and oxygen atoms in total. The van der Waals surface area contributed by atoms with E-state index in [2.05, 4.69) is 41.8 Å². The summed E-state index contributed by atoms with van der Waals surface area (Å²) in [6.07, 6.45) is 9.01. The predicted molar refractivity (Wildman–Crippen MR) is 256 cm³/mol. The highest BCUT2D eigenvalue weighted by molar-refractivity contribution is 7.70. The monoisotopic (exact) mass is 928 g/mol. The van der Waals surface area contributed by atoms with Crippen molar-refractivity contribution in [1.82, 2.24) is 30.0 Å². The van der Waals surface area contributed by atoms with Gasteiger partial charge in [0.25, 0.3) is 5.91 Å². The van der Waals surface area contributed by atoms with Crippen LogP contribution in [0.2, 0.25) is 5.02 Å². The second-order valence-corrected chi connectivity index (χ2v) is 21.0. The Labute approximate surface area is 387 Å². The van der Waals surface area contributed by atoms with E-state index in [-0.39, 0.29) is 24.7 Å². The van der Waals surface area contributed by atoms with Crippen LogP contribution in [0.25, 0.3) is 0 Å². The molecule has 17 heteroatoms. The molecule has 65 heavy (non-hydrogen) atoms. The topological polar surface area (TPSA) is 168 Å². The Hall–Kier alpha value is -5.21. The lowest BCUT2D eigenvalue weighted by molar-refractivity contribution is -0.121. The SMILES string of the molecule is CNC(=O)CCC(C=O)N1Cc2c(OCCCCN3CCC(N4CCC(c5cc(OC)c(Nc6ncc(Cl)c(Nc7ccccc7P(C)(C)=O)n6)cc5OC)CC4)CC3)cccc2C1=O. The summed E-state index contributed by atoms with van der Waals surface area (Å²) in [5.74, 6) is 2.79. The minimum absolute atomic E-state index is 0.160. The molecule has 2 fully saturated rings. The molecule has 1 unspecified atom stereocenters. The number of methoxy groups -OCH3 is 2. The van der Waals surface area contributed by atoms with E-state index in [0.717, 1.165) is 94.4 Å². The zero-order valence-electron chi connectivity index (χ0n) is 38.1. The zero-order valence-corrected chi connectivity index (χ0v) is 39.8. The van der Waals surface area contributed by atoms with Gasteiger partial charge in [0.05, 0.1) is 51.0 Å². The van der Waals surface area contributed by atoms with Crippen molar-refractivity contribution in [3.05, 3.63) is 82.5 Å². The molecule has 1 atom stereocenters. The fourth-order valence-corrected chi connectivity index (χ4v) is 10.6. The van der Waals surface area contributed by atoms with Crippen molar-refractivity contribution in [1.29, 1.82) is 0 Å². The van der Waals surface area contributed by atoms with Crippen LogP contribution in [0.4, 0.5) is 23.1 Å². The van der Waals surface area contributed by atoms with E-state index in [1.807, 2.05) is 42.5 Å². The van der Waals surface area contributed by atoms with E-state index in [1.165, 1.54) is 6.20 Å². The molecular weight excluding hydrogens is 867 g/mol. The predicted octanol–water partition coefficient (Wildman–Crippen LogP) is 7.43. The van der Waals surface area contributed by atoms with Crippen LogP contribution in [0.3, 0.4) is 0 Å². The number of nitrogens with one attached hydrogen (secondary N) is 3. The Morgan fingerprint density at radius 1 is 0.938 bits per heavy atom. The minimum Gasteiger partial charge on any atom is -0.496 e. The summed E-state index contributed by atoms with van der Waals surface area (Å²) in [5, 5.41) is 10.2. The maximum absolute atomic E-state index is 13.2. The van der Waals surface area contributed by atoms with E-state index < -0.39 is 13.2 Å². The first-order valence-corrected chi connectivity index (χ1v) is 25.5. The number of carbonyl (C=O) groups is 3. The number of carbonyl (C=O) groups excluding carboxylic acids is 3. The molecule has 1 aromatic heterocycles. The number of rotatable bonds is 20. The van der Waals surface area contributed by atoms with Gasteiger partial charge in [-0.05, 0) is 127 Å². The van der Waals surface area contributed by atoms with Gasteiger partial charge in [-0.15, -0.1) is 0 Å². The van der Waals surface area contributed by atoms with Crippen molar-refractivity contribution in [3.63, 3.8) is 0 Å². The highest BCUT2D eigenvalue weighted by Crippen LogP contribution is 2.43. The maximum atomic E-state index is 13.2. The molecule has 0 saturated carbocycles. The number of aromatic nitrogens is 2. The summed E-state index contributed by atoms with van der Waals surface area (Å²) in [7, 11) is 2.34. The molecule has 0 spiro atoms. The van der Waals surface area contributed by atoms with E-state index in [9.17, 15) is 18.9 Å². The highest BCUT2D eigenvalue weighted by Gasteiger charge is 2.35. The number of para-hydroxylation sites is 1. The van der Waals surface area contributed by atoms with Gasteiger partial charge < -0.3 is 54.2 Å². The van der Waals surface area contributed by atoms with Gasteiger partial charge in [0, 0.05) is 47.6 Å². The van der Waals surface area contributed by atoms with E-state index in [1.54, 1.807) is 45.6 Å². The molecule has 348 valence electrons. The lowest BCUT2D eigenvalue weighted by Gasteiger charge is -2.42. The van der Waals surface area contributed by atoms with E-state index in [4.69, 9.17) is 25.8 Å². The number of hydrogen-bond acceptors (Lipinski definition) is 13. The van der Waals surface area contributed by atoms with Crippen molar-refractivity contribution < 1.29 is 33.2 Å². The van der Waals surface area contributed by atoms with Gasteiger partial charge in [-0.2, -0.15) is 4.98 Å². The molecule has 3 N–H and O–H groups in total. The Morgan fingerprint density at radius 3 is 2.40 bits per heavy atom. The maximum Gasteiger partial charge on any atom is 0.255 e. The molecule has 4 heterocycles. The molecule has 0 radical (unpaired) electrons. The number of anilines is 4. The number of hydrogen-bond donors (Lipinski definition) is 3. The number of halogens is 1. The second-order valence-electron chi connectivity index (χ2n) is 17.4. The first-order chi connectivity index (χ1) is 31.4. The van der Waals surface area contributed by atoms with Crippen LogP contribution < -0.4 is 35.5 Å². The standard InChI is InChI=1S/C48H62ClN8O7P/c1-50-45(59)16-15-34(31-58)57-30-37-35(47(57)60)11-10-13-41(37)64-26-9-8-21-55-22-19-33(20-23-55)56-24-17-32(18-25-56)36-27-43(63-3)40(28-42(36)62-2)53-48-51-29-38(49)46(54-48)52-39-12-6-7-14-44(39)65(4,5)61/h6-7,10-14,27-29,31-34H,8-9,15-26,30H2,1-5H3,(H,50,59)(H2,51,52,53,54). The fourth-order valence-electron chi connectivity index (χ4n) is 9.28. The van der Waals surface area contributed by atoms with Crippen LogP contribution in [0.1, 0.15) is 78.8 Å². The quantitative estimate of drug-likeness (QED) is 0.0455. The van der Waals surface area contributed by atoms with Crippen LogP contribution in [0.15, 0.2) is 60.8 Å². The van der Waals surface area contributed by atoms with Crippen molar-refractivity contribution in [2.45, 2.75) is 75.9 Å². The smallest absolute Gasteiger partial charge is 0.255 e. The normalized spacial score (nSPS) is 16.8. The number of piperidine rings is 2.